The molecule has 3 heterocycles. The highest BCUT2D eigenvalue weighted by molar-refractivity contribution is 6.31. The van der Waals surface area contributed by atoms with Gasteiger partial charge < -0.3 is 15.2 Å². The van der Waals surface area contributed by atoms with Crippen LogP contribution in [0.2, 0.25) is 5.02 Å². The molecule has 2 aromatic heterocycles. The van der Waals surface area contributed by atoms with E-state index in [0.29, 0.717) is 10.9 Å². The van der Waals surface area contributed by atoms with Gasteiger partial charge in [-0.25, -0.2) is 18.6 Å². The Morgan fingerprint density at radius 3 is 2.66 bits per heavy atom. The van der Waals surface area contributed by atoms with Crippen LogP contribution in [0.25, 0.3) is 10.9 Å². The molecule has 9 nitrogen and oxygen atoms in total. The summed E-state index contributed by atoms with van der Waals surface area (Å²) in [5.41, 5.74) is 0.912. The van der Waals surface area contributed by atoms with E-state index in [1.807, 2.05) is 0 Å². The Kier molecular flexibility index (Phi) is 5.48. The minimum atomic E-state index is -1.00. The van der Waals surface area contributed by atoms with Crippen molar-refractivity contribution < 1.29 is 23.2 Å². The van der Waals surface area contributed by atoms with Crippen LogP contribution in [-0.4, -0.2) is 39.0 Å². The molecule has 0 saturated heterocycles. The van der Waals surface area contributed by atoms with E-state index < -0.39 is 35.5 Å². The number of imidazole rings is 1. The molecule has 35 heavy (non-hydrogen) atoms. The molecule has 3 N–H and O–H groups in total. The van der Waals surface area contributed by atoms with Crippen LogP contribution < -0.4 is 16.0 Å². The zero-order chi connectivity index (χ0) is 24.9. The Bertz CT molecular complexity index is 1530. The fraction of sp³-hybridized carbons (Fsp3) is 0.130. The zero-order valence-corrected chi connectivity index (χ0v) is 18.9. The summed E-state index contributed by atoms with van der Waals surface area (Å²) in [5.74, 6) is -2.22. The summed E-state index contributed by atoms with van der Waals surface area (Å²) in [7, 11) is 1.40. The minimum Gasteiger partial charge on any atom is -0.352 e. The summed E-state index contributed by atoms with van der Waals surface area (Å²) in [4.78, 5) is 42.5. The number of benzene rings is 2. The van der Waals surface area contributed by atoms with E-state index in [1.54, 1.807) is 6.07 Å². The predicted octanol–water partition coefficient (Wildman–Crippen LogP) is 3.43. The topological polar surface area (TPSA) is 110 Å². The molecule has 12 heteroatoms. The van der Waals surface area contributed by atoms with Gasteiger partial charge in [-0.3, -0.25) is 19.5 Å². The molecule has 0 unspecified atom stereocenters. The molecule has 0 spiro atoms. The Balaban J connectivity index is 1.63. The van der Waals surface area contributed by atoms with E-state index in [1.165, 1.54) is 52.7 Å². The van der Waals surface area contributed by atoms with Crippen molar-refractivity contribution in [1.29, 1.82) is 0 Å². The molecule has 1 atom stereocenters. The number of anilines is 1. The molecule has 0 fully saturated rings. The molecule has 3 amide bonds. The quantitative estimate of drug-likeness (QED) is 0.402. The number of carbonyl (C=O) groups is 3. The molecule has 0 saturated carbocycles. The lowest BCUT2D eigenvalue weighted by Gasteiger charge is -2.28. The SMILES string of the molecule is CNC(=O)c1nc(NC(=O)n2ccc3cc(F)ccc32)c2n1CC(=O)N[C@@H]2c1cc(F)ccc1Cl. The standard InChI is InChI=1S/C23H17ClF2N6O3/c1-27-22(34)21-29-20(30-23(35)31-7-6-11-8-12(25)3-5-16(11)31)19-18(28-17(33)10-32(19)21)14-9-13(26)2-4-15(14)24/h2-9,18H,10H2,1H3,(H,27,34)(H,28,33)(H,30,35)/t18-/m1/s1. The van der Waals surface area contributed by atoms with Crippen LogP contribution in [0.1, 0.15) is 27.9 Å². The molecular formula is C23H17ClF2N6O3. The van der Waals surface area contributed by atoms with Gasteiger partial charge in [0.05, 0.1) is 17.3 Å². The smallest absolute Gasteiger partial charge is 0.331 e. The lowest BCUT2D eigenvalue weighted by Crippen LogP contribution is -2.41. The van der Waals surface area contributed by atoms with Gasteiger partial charge in [-0.05, 0) is 42.5 Å². The van der Waals surface area contributed by atoms with Crippen molar-refractivity contribution in [3.05, 3.63) is 82.4 Å². The number of amides is 3. The van der Waals surface area contributed by atoms with E-state index >= 15 is 0 Å². The summed E-state index contributed by atoms with van der Waals surface area (Å²) in [5, 5.41) is 8.52. The second kappa shape index (κ2) is 8.51. The van der Waals surface area contributed by atoms with Crippen molar-refractivity contribution in [2.45, 2.75) is 12.6 Å². The predicted molar refractivity (Wildman–Crippen MR) is 123 cm³/mol. The van der Waals surface area contributed by atoms with Gasteiger partial charge in [-0.1, -0.05) is 11.6 Å². The van der Waals surface area contributed by atoms with Crippen LogP contribution in [0.15, 0.2) is 48.7 Å². The summed E-state index contributed by atoms with van der Waals surface area (Å²) in [6.45, 7) is -0.254. The number of carbonyl (C=O) groups excluding carboxylic acids is 3. The van der Waals surface area contributed by atoms with Crippen molar-refractivity contribution in [2.75, 3.05) is 12.4 Å². The number of hydrogen-bond acceptors (Lipinski definition) is 4. The van der Waals surface area contributed by atoms with E-state index in [9.17, 15) is 23.2 Å². The van der Waals surface area contributed by atoms with E-state index in [2.05, 4.69) is 20.9 Å². The first-order valence-corrected chi connectivity index (χ1v) is 10.8. The average molecular weight is 499 g/mol. The van der Waals surface area contributed by atoms with Crippen LogP contribution in [0, 0.1) is 11.6 Å². The van der Waals surface area contributed by atoms with E-state index in [4.69, 9.17) is 11.6 Å². The maximum Gasteiger partial charge on any atom is 0.331 e. The number of rotatable bonds is 3. The molecule has 0 radical (unpaired) electrons. The van der Waals surface area contributed by atoms with Gasteiger partial charge in [0, 0.05) is 29.2 Å². The number of hydrogen-bond donors (Lipinski definition) is 3. The Hall–Kier alpha value is -4.25. The van der Waals surface area contributed by atoms with Gasteiger partial charge in [-0.15, -0.1) is 0 Å². The summed E-state index contributed by atoms with van der Waals surface area (Å²) >= 11 is 6.31. The Morgan fingerprint density at radius 1 is 1.14 bits per heavy atom. The molecule has 4 aromatic rings. The maximum atomic E-state index is 14.1. The van der Waals surface area contributed by atoms with Gasteiger partial charge >= 0.3 is 6.03 Å². The first kappa shape index (κ1) is 22.5. The molecular weight excluding hydrogens is 482 g/mol. The van der Waals surface area contributed by atoms with Crippen molar-refractivity contribution in [3.63, 3.8) is 0 Å². The van der Waals surface area contributed by atoms with Crippen LogP contribution in [0.3, 0.4) is 0 Å². The first-order chi connectivity index (χ1) is 16.8. The van der Waals surface area contributed by atoms with Gasteiger partial charge in [0.15, 0.2) is 5.82 Å². The molecule has 5 rings (SSSR count). The van der Waals surface area contributed by atoms with Crippen LogP contribution in [0.5, 0.6) is 0 Å². The van der Waals surface area contributed by atoms with Crippen molar-refractivity contribution in [3.8, 4) is 0 Å². The Labute approximate surface area is 201 Å². The van der Waals surface area contributed by atoms with Crippen molar-refractivity contribution >= 4 is 46.2 Å². The third-order valence-corrected chi connectivity index (χ3v) is 6.03. The monoisotopic (exact) mass is 498 g/mol. The number of fused-ring (bicyclic) bond motifs is 2. The van der Waals surface area contributed by atoms with Crippen LogP contribution >= 0.6 is 11.6 Å². The molecule has 1 aliphatic heterocycles. The van der Waals surface area contributed by atoms with Crippen LogP contribution in [0.4, 0.5) is 19.4 Å². The normalized spacial score (nSPS) is 15.0. The second-order valence-electron chi connectivity index (χ2n) is 7.82. The second-order valence-corrected chi connectivity index (χ2v) is 8.23. The van der Waals surface area contributed by atoms with E-state index in [-0.39, 0.29) is 34.5 Å². The van der Waals surface area contributed by atoms with Gasteiger partial charge in [0.2, 0.25) is 11.7 Å². The third kappa shape index (κ3) is 3.89. The zero-order valence-electron chi connectivity index (χ0n) is 18.1. The largest absolute Gasteiger partial charge is 0.352 e. The lowest BCUT2D eigenvalue weighted by molar-refractivity contribution is -0.123. The molecule has 0 aliphatic carbocycles. The van der Waals surface area contributed by atoms with E-state index in [0.717, 1.165) is 6.07 Å². The number of nitrogens with one attached hydrogen (secondary N) is 3. The maximum absolute atomic E-state index is 14.1. The summed E-state index contributed by atoms with van der Waals surface area (Å²) in [6, 6.07) is 7.58. The number of nitrogens with zero attached hydrogens (tertiary/aromatic N) is 3. The van der Waals surface area contributed by atoms with Gasteiger partial charge in [0.25, 0.3) is 5.91 Å². The fourth-order valence-electron chi connectivity index (χ4n) is 4.13. The number of halogens is 3. The molecule has 1 aliphatic rings. The Morgan fingerprint density at radius 2 is 1.89 bits per heavy atom. The molecule has 178 valence electrons. The van der Waals surface area contributed by atoms with Crippen molar-refractivity contribution in [1.82, 2.24) is 24.8 Å². The molecule has 2 aromatic carbocycles. The fourth-order valence-corrected chi connectivity index (χ4v) is 4.35. The van der Waals surface area contributed by atoms with Gasteiger partial charge in [-0.2, -0.15) is 0 Å². The highest BCUT2D eigenvalue weighted by atomic mass is 35.5. The van der Waals surface area contributed by atoms with Gasteiger partial charge in [0.1, 0.15) is 18.2 Å². The summed E-state index contributed by atoms with van der Waals surface area (Å²) in [6.07, 6.45) is 1.46. The summed E-state index contributed by atoms with van der Waals surface area (Å²) < 4.78 is 30.2. The number of aromatic nitrogens is 3. The lowest BCUT2D eigenvalue weighted by atomic mass is 10.0. The van der Waals surface area contributed by atoms with Crippen molar-refractivity contribution in [2.24, 2.45) is 0 Å². The first-order valence-electron chi connectivity index (χ1n) is 10.4. The average Bonchev–Trinajstić information content (AvgIpc) is 3.40. The van der Waals surface area contributed by atoms with Crippen LogP contribution in [-0.2, 0) is 11.3 Å². The minimum absolute atomic E-state index is 0.0251. The third-order valence-electron chi connectivity index (χ3n) is 5.68. The highest BCUT2D eigenvalue weighted by Crippen LogP contribution is 2.36. The highest BCUT2D eigenvalue weighted by Gasteiger charge is 2.36. The molecule has 0 bridgehead atoms.